The van der Waals surface area contributed by atoms with Crippen molar-refractivity contribution in [3.05, 3.63) is 18.0 Å². The highest BCUT2D eigenvalue weighted by Gasteiger charge is 2.32. The number of nitrogens with zero attached hydrogens (tertiary/aromatic N) is 2. The molecular weight excluding hydrogens is 192 g/mol. The molecule has 82 valence electrons. The van der Waals surface area contributed by atoms with Crippen LogP contribution >= 0.6 is 0 Å². The Kier molecular flexibility index (Phi) is 3.01. The van der Waals surface area contributed by atoms with E-state index in [1.807, 2.05) is 4.90 Å². The van der Waals surface area contributed by atoms with Crippen LogP contribution in [0.15, 0.2) is 12.3 Å². The fourth-order valence-electron chi connectivity index (χ4n) is 1.63. The Morgan fingerprint density at radius 3 is 3.00 bits per heavy atom. The van der Waals surface area contributed by atoms with Gasteiger partial charge in [-0.25, -0.2) is 0 Å². The summed E-state index contributed by atoms with van der Waals surface area (Å²) in [6.07, 6.45) is 4.69. The summed E-state index contributed by atoms with van der Waals surface area (Å²) >= 11 is 0. The Hall–Kier alpha value is -1.36. The first-order valence-electron chi connectivity index (χ1n) is 5.33. The van der Waals surface area contributed by atoms with Crippen LogP contribution in [0.2, 0.25) is 0 Å². The zero-order chi connectivity index (χ0) is 10.7. The summed E-state index contributed by atoms with van der Waals surface area (Å²) in [5.74, 6) is 0.0449. The SMILES string of the molecule is NCCCN(C(=O)c1ccn[nH]1)C1CC1. The molecule has 2 rings (SSSR count). The number of amides is 1. The molecule has 1 aliphatic rings. The van der Waals surface area contributed by atoms with Crippen LogP contribution in [0.25, 0.3) is 0 Å². The molecule has 0 spiro atoms. The van der Waals surface area contributed by atoms with Gasteiger partial charge in [0.05, 0.1) is 0 Å². The molecule has 1 fully saturated rings. The molecule has 1 amide bonds. The summed E-state index contributed by atoms with van der Waals surface area (Å²) in [5.41, 5.74) is 6.03. The van der Waals surface area contributed by atoms with Crippen LogP contribution in [0, 0.1) is 0 Å². The number of carbonyl (C=O) groups is 1. The zero-order valence-corrected chi connectivity index (χ0v) is 8.65. The van der Waals surface area contributed by atoms with Crippen LogP contribution < -0.4 is 5.73 Å². The molecular formula is C10H16N4O. The first-order chi connectivity index (χ1) is 7.33. The van der Waals surface area contributed by atoms with Crippen LogP contribution in [-0.2, 0) is 0 Å². The van der Waals surface area contributed by atoms with Crippen LogP contribution in [0.4, 0.5) is 0 Å². The van der Waals surface area contributed by atoms with Gasteiger partial charge in [-0.1, -0.05) is 0 Å². The molecule has 0 atom stereocenters. The number of rotatable bonds is 5. The second-order valence-electron chi connectivity index (χ2n) is 3.84. The van der Waals surface area contributed by atoms with Crippen molar-refractivity contribution in [1.29, 1.82) is 0 Å². The van der Waals surface area contributed by atoms with Gasteiger partial charge in [-0.2, -0.15) is 5.10 Å². The molecule has 0 saturated heterocycles. The van der Waals surface area contributed by atoms with Gasteiger partial charge < -0.3 is 10.6 Å². The fourth-order valence-corrected chi connectivity index (χ4v) is 1.63. The van der Waals surface area contributed by atoms with E-state index in [2.05, 4.69) is 10.2 Å². The maximum absolute atomic E-state index is 12.0. The molecule has 1 saturated carbocycles. The Morgan fingerprint density at radius 2 is 2.47 bits per heavy atom. The number of aromatic nitrogens is 2. The Labute approximate surface area is 88.6 Å². The number of nitrogens with two attached hydrogens (primary N) is 1. The average molecular weight is 208 g/mol. The lowest BCUT2D eigenvalue weighted by Gasteiger charge is -2.21. The molecule has 0 unspecified atom stereocenters. The maximum atomic E-state index is 12.0. The smallest absolute Gasteiger partial charge is 0.272 e. The van der Waals surface area contributed by atoms with E-state index >= 15 is 0 Å². The third-order valence-electron chi connectivity index (χ3n) is 2.58. The molecule has 0 aliphatic heterocycles. The lowest BCUT2D eigenvalue weighted by atomic mass is 10.3. The summed E-state index contributed by atoms with van der Waals surface area (Å²) in [6.45, 7) is 1.37. The second-order valence-corrected chi connectivity index (χ2v) is 3.84. The van der Waals surface area contributed by atoms with Gasteiger partial charge in [0, 0.05) is 18.8 Å². The van der Waals surface area contributed by atoms with E-state index in [4.69, 9.17) is 5.73 Å². The van der Waals surface area contributed by atoms with Crippen molar-refractivity contribution in [3.63, 3.8) is 0 Å². The lowest BCUT2D eigenvalue weighted by molar-refractivity contribution is 0.0736. The topological polar surface area (TPSA) is 75.0 Å². The van der Waals surface area contributed by atoms with E-state index in [9.17, 15) is 4.79 Å². The number of aromatic amines is 1. The summed E-state index contributed by atoms with van der Waals surface area (Å²) in [6, 6.07) is 2.13. The third-order valence-corrected chi connectivity index (χ3v) is 2.58. The summed E-state index contributed by atoms with van der Waals surface area (Å²) in [7, 11) is 0. The van der Waals surface area contributed by atoms with Crippen molar-refractivity contribution in [1.82, 2.24) is 15.1 Å². The predicted octanol–water partition coefficient (Wildman–Crippen LogP) is 0.363. The number of hydrogen-bond donors (Lipinski definition) is 2. The second kappa shape index (κ2) is 4.44. The molecule has 5 heteroatoms. The van der Waals surface area contributed by atoms with Crippen molar-refractivity contribution in [2.75, 3.05) is 13.1 Å². The quantitative estimate of drug-likeness (QED) is 0.733. The standard InChI is InChI=1S/C10H16N4O/c11-5-1-7-14(8-2-3-8)10(15)9-4-6-12-13-9/h4,6,8H,1-3,5,7,11H2,(H,12,13). The molecule has 0 aromatic carbocycles. The van der Waals surface area contributed by atoms with Crippen molar-refractivity contribution >= 4 is 5.91 Å². The van der Waals surface area contributed by atoms with E-state index in [0.717, 1.165) is 25.8 Å². The monoisotopic (exact) mass is 208 g/mol. The Balaban J connectivity index is 2.01. The number of H-pyrrole nitrogens is 1. The highest BCUT2D eigenvalue weighted by atomic mass is 16.2. The Bertz CT molecular complexity index is 318. The van der Waals surface area contributed by atoms with E-state index in [1.54, 1.807) is 12.3 Å². The summed E-state index contributed by atoms with van der Waals surface area (Å²) in [4.78, 5) is 13.9. The van der Waals surface area contributed by atoms with Crippen molar-refractivity contribution in [2.24, 2.45) is 5.73 Å². The van der Waals surface area contributed by atoms with Gasteiger partial charge >= 0.3 is 0 Å². The first kappa shape index (κ1) is 10.2. The molecule has 3 N–H and O–H groups in total. The molecule has 1 aromatic rings. The van der Waals surface area contributed by atoms with Crippen molar-refractivity contribution in [2.45, 2.75) is 25.3 Å². The van der Waals surface area contributed by atoms with Crippen molar-refractivity contribution < 1.29 is 4.79 Å². The van der Waals surface area contributed by atoms with E-state index in [1.165, 1.54) is 0 Å². The Morgan fingerprint density at radius 1 is 1.67 bits per heavy atom. The fraction of sp³-hybridized carbons (Fsp3) is 0.600. The number of carbonyl (C=O) groups excluding carboxylic acids is 1. The number of nitrogens with one attached hydrogen (secondary N) is 1. The normalized spacial score (nSPS) is 15.3. The van der Waals surface area contributed by atoms with E-state index in [0.29, 0.717) is 18.3 Å². The van der Waals surface area contributed by atoms with E-state index in [-0.39, 0.29) is 5.91 Å². The minimum Gasteiger partial charge on any atom is -0.334 e. The van der Waals surface area contributed by atoms with Crippen molar-refractivity contribution in [3.8, 4) is 0 Å². The van der Waals surface area contributed by atoms with Gasteiger partial charge in [-0.3, -0.25) is 9.89 Å². The lowest BCUT2D eigenvalue weighted by Crippen LogP contribution is -2.35. The summed E-state index contributed by atoms with van der Waals surface area (Å²) in [5, 5.41) is 6.49. The van der Waals surface area contributed by atoms with Crippen LogP contribution in [-0.4, -0.2) is 40.1 Å². The van der Waals surface area contributed by atoms with E-state index < -0.39 is 0 Å². The molecule has 1 aliphatic carbocycles. The molecule has 0 radical (unpaired) electrons. The van der Waals surface area contributed by atoms with Gasteiger partial charge in [0.25, 0.3) is 5.91 Å². The molecule has 1 aromatic heterocycles. The zero-order valence-electron chi connectivity index (χ0n) is 8.65. The van der Waals surface area contributed by atoms with Gasteiger partial charge in [-0.05, 0) is 31.9 Å². The molecule has 5 nitrogen and oxygen atoms in total. The van der Waals surface area contributed by atoms with Crippen LogP contribution in [0.1, 0.15) is 29.8 Å². The van der Waals surface area contributed by atoms with Gasteiger partial charge in [0.2, 0.25) is 0 Å². The highest BCUT2D eigenvalue weighted by Crippen LogP contribution is 2.27. The maximum Gasteiger partial charge on any atom is 0.272 e. The molecule has 15 heavy (non-hydrogen) atoms. The number of hydrogen-bond acceptors (Lipinski definition) is 3. The predicted molar refractivity (Wildman–Crippen MR) is 56.3 cm³/mol. The van der Waals surface area contributed by atoms with Gasteiger partial charge in [0.15, 0.2) is 0 Å². The minimum absolute atomic E-state index is 0.0449. The highest BCUT2D eigenvalue weighted by molar-refractivity contribution is 5.92. The summed E-state index contributed by atoms with van der Waals surface area (Å²) < 4.78 is 0. The average Bonchev–Trinajstić information content (AvgIpc) is 2.94. The molecule has 1 heterocycles. The molecule has 0 bridgehead atoms. The van der Waals surface area contributed by atoms with Gasteiger partial charge in [0.1, 0.15) is 5.69 Å². The van der Waals surface area contributed by atoms with Crippen LogP contribution in [0.5, 0.6) is 0 Å². The largest absolute Gasteiger partial charge is 0.334 e. The third kappa shape index (κ3) is 2.36. The minimum atomic E-state index is 0.0449. The van der Waals surface area contributed by atoms with Crippen LogP contribution in [0.3, 0.4) is 0 Å². The van der Waals surface area contributed by atoms with Gasteiger partial charge in [-0.15, -0.1) is 0 Å². The first-order valence-corrected chi connectivity index (χ1v) is 5.33.